The third kappa shape index (κ3) is 5.35. The molecule has 0 aromatic heterocycles. The van der Waals surface area contributed by atoms with Crippen molar-refractivity contribution < 1.29 is 14.4 Å². The van der Waals surface area contributed by atoms with Gasteiger partial charge in [-0.1, -0.05) is 12.1 Å². The molecule has 0 aliphatic carbocycles. The first-order chi connectivity index (χ1) is 14.0. The van der Waals surface area contributed by atoms with Crippen molar-refractivity contribution in [2.45, 2.75) is 33.1 Å². The third-order valence-corrected chi connectivity index (χ3v) is 5.88. The molecule has 7 heteroatoms. The zero-order chi connectivity index (χ0) is 20.8. The van der Waals surface area contributed by atoms with Gasteiger partial charge in [-0.3, -0.25) is 19.3 Å². The molecule has 2 aliphatic heterocycles. The fraction of sp³-hybridized carbons (Fsp3) is 0.591. The highest BCUT2D eigenvalue weighted by atomic mass is 16.2. The zero-order valence-corrected chi connectivity index (χ0v) is 17.6. The summed E-state index contributed by atoms with van der Waals surface area (Å²) in [5.41, 5.74) is 1.87. The number of carbonyl (C=O) groups excluding carboxylic acids is 3. The van der Waals surface area contributed by atoms with E-state index in [1.165, 1.54) is 0 Å². The van der Waals surface area contributed by atoms with Crippen molar-refractivity contribution in [2.24, 2.45) is 0 Å². The molecular weight excluding hydrogens is 368 g/mol. The Kier molecular flexibility index (Phi) is 7.25. The van der Waals surface area contributed by atoms with Gasteiger partial charge in [0.1, 0.15) is 0 Å². The normalized spacial score (nSPS) is 17.7. The van der Waals surface area contributed by atoms with Crippen molar-refractivity contribution in [1.82, 2.24) is 14.7 Å². The van der Waals surface area contributed by atoms with Crippen LogP contribution in [0.5, 0.6) is 0 Å². The first kappa shape index (κ1) is 21.3. The Morgan fingerprint density at radius 3 is 2.17 bits per heavy atom. The maximum absolute atomic E-state index is 12.7. The molecule has 0 saturated carbocycles. The maximum atomic E-state index is 12.7. The summed E-state index contributed by atoms with van der Waals surface area (Å²) in [6, 6.07) is 7.75. The molecule has 1 aromatic rings. The molecule has 1 aromatic carbocycles. The van der Waals surface area contributed by atoms with Crippen LogP contribution in [0.25, 0.3) is 0 Å². The smallest absolute Gasteiger partial charge is 0.236 e. The minimum absolute atomic E-state index is 0.115. The van der Waals surface area contributed by atoms with Crippen LogP contribution in [-0.2, 0) is 20.8 Å². The average Bonchev–Trinajstić information content (AvgIpc) is 3.16. The van der Waals surface area contributed by atoms with E-state index in [1.807, 2.05) is 52.8 Å². The third-order valence-electron chi connectivity index (χ3n) is 5.88. The molecule has 0 spiro atoms. The van der Waals surface area contributed by atoms with Gasteiger partial charge in [-0.25, -0.2) is 0 Å². The number of amides is 3. The first-order valence-corrected chi connectivity index (χ1v) is 10.7. The number of anilines is 1. The van der Waals surface area contributed by atoms with Crippen LogP contribution in [0.15, 0.2) is 24.3 Å². The summed E-state index contributed by atoms with van der Waals surface area (Å²) in [6.45, 7) is 9.44. The van der Waals surface area contributed by atoms with Crippen LogP contribution in [0.4, 0.5) is 5.69 Å². The van der Waals surface area contributed by atoms with E-state index in [2.05, 4.69) is 4.90 Å². The van der Waals surface area contributed by atoms with Gasteiger partial charge in [0.05, 0.1) is 13.0 Å². The Balaban J connectivity index is 1.46. The summed E-state index contributed by atoms with van der Waals surface area (Å²) < 4.78 is 0. The second-order valence-electron chi connectivity index (χ2n) is 7.72. The Morgan fingerprint density at radius 2 is 1.62 bits per heavy atom. The summed E-state index contributed by atoms with van der Waals surface area (Å²) in [5, 5.41) is 0. The largest absolute Gasteiger partial charge is 0.342 e. The van der Waals surface area contributed by atoms with E-state index < -0.39 is 0 Å². The van der Waals surface area contributed by atoms with Crippen molar-refractivity contribution in [1.29, 1.82) is 0 Å². The summed E-state index contributed by atoms with van der Waals surface area (Å²) in [4.78, 5) is 44.4. The lowest BCUT2D eigenvalue weighted by atomic mass is 10.1. The monoisotopic (exact) mass is 400 g/mol. The molecule has 0 atom stereocenters. The number of carbonyl (C=O) groups is 3. The molecule has 29 heavy (non-hydrogen) atoms. The Morgan fingerprint density at radius 1 is 0.966 bits per heavy atom. The summed E-state index contributed by atoms with van der Waals surface area (Å²) in [6.07, 6.45) is 1.89. The molecule has 2 fully saturated rings. The van der Waals surface area contributed by atoms with Gasteiger partial charge in [-0.05, 0) is 38.0 Å². The lowest BCUT2D eigenvalue weighted by Gasteiger charge is -2.35. The number of hydrogen-bond acceptors (Lipinski definition) is 4. The van der Waals surface area contributed by atoms with Gasteiger partial charge in [0.25, 0.3) is 0 Å². The second-order valence-corrected chi connectivity index (χ2v) is 7.72. The van der Waals surface area contributed by atoms with Crippen molar-refractivity contribution in [3.8, 4) is 0 Å². The minimum atomic E-state index is 0.115. The number of piperazine rings is 1. The molecule has 0 N–H and O–H groups in total. The SMILES string of the molecule is CCN(CC)C(=O)CN1CCN(C(=O)Cc2ccc(N3CCCC3=O)cc2)CC1. The Hall–Kier alpha value is -2.41. The fourth-order valence-corrected chi connectivity index (χ4v) is 4.02. The summed E-state index contributed by atoms with van der Waals surface area (Å²) in [5.74, 6) is 0.447. The maximum Gasteiger partial charge on any atom is 0.236 e. The van der Waals surface area contributed by atoms with Crippen molar-refractivity contribution in [3.05, 3.63) is 29.8 Å². The molecule has 2 saturated heterocycles. The Labute approximate surface area is 173 Å². The van der Waals surface area contributed by atoms with Crippen LogP contribution in [0.1, 0.15) is 32.3 Å². The van der Waals surface area contributed by atoms with Gasteiger partial charge in [-0.15, -0.1) is 0 Å². The molecular formula is C22H32N4O3. The van der Waals surface area contributed by atoms with E-state index in [-0.39, 0.29) is 17.7 Å². The van der Waals surface area contributed by atoms with E-state index in [1.54, 1.807) is 0 Å². The van der Waals surface area contributed by atoms with E-state index >= 15 is 0 Å². The predicted octanol–water partition coefficient (Wildman–Crippen LogP) is 1.37. The second kappa shape index (κ2) is 9.87. The molecule has 3 amide bonds. The zero-order valence-electron chi connectivity index (χ0n) is 17.6. The van der Waals surface area contributed by atoms with Gasteiger partial charge in [0.15, 0.2) is 0 Å². The van der Waals surface area contributed by atoms with Crippen LogP contribution in [0.3, 0.4) is 0 Å². The molecule has 158 valence electrons. The van der Waals surface area contributed by atoms with Crippen molar-refractivity contribution in [3.63, 3.8) is 0 Å². The molecule has 3 rings (SSSR count). The van der Waals surface area contributed by atoms with Crippen LogP contribution < -0.4 is 4.90 Å². The molecule has 2 aliphatic rings. The number of hydrogen-bond donors (Lipinski definition) is 0. The molecule has 7 nitrogen and oxygen atoms in total. The number of nitrogens with zero attached hydrogens (tertiary/aromatic N) is 4. The minimum Gasteiger partial charge on any atom is -0.342 e. The van der Waals surface area contributed by atoms with Crippen LogP contribution in [-0.4, -0.2) is 84.8 Å². The van der Waals surface area contributed by atoms with Gasteiger partial charge >= 0.3 is 0 Å². The van der Waals surface area contributed by atoms with Crippen LogP contribution in [0.2, 0.25) is 0 Å². The van der Waals surface area contributed by atoms with E-state index in [0.717, 1.165) is 50.4 Å². The molecule has 0 radical (unpaired) electrons. The Bertz CT molecular complexity index is 722. The van der Waals surface area contributed by atoms with Gasteiger partial charge in [-0.2, -0.15) is 0 Å². The average molecular weight is 401 g/mol. The van der Waals surface area contributed by atoms with Crippen molar-refractivity contribution in [2.75, 3.05) is 57.3 Å². The lowest BCUT2D eigenvalue weighted by molar-refractivity contribution is -0.134. The fourth-order valence-electron chi connectivity index (χ4n) is 4.02. The predicted molar refractivity (Wildman–Crippen MR) is 113 cm³/mol. The quantitative estimate of drug-likeness (QED) is 0.694. The highest BCUT2D eigenvalue weighted by molar-refractivity contribution is 5.95. The van der Waals surface area contributed by atoms with E-state index in [4.69, 9.17) is 0 Å². The van der Waals surface area contributed by atoms with Gasteiger partial charge < -0.3 is 14.7 Å². The highest BCUT2D eigenvalue weighted by Gasteiger charge is 2.24. The first-order valence-electron chi connectivity index (χ1n) is 10.7. The molecule has 0 bridgehead atoms. The molecule has 0 unspecified atom stereocenters. The molecule has 2 heterocycles. The number of likely N-dealkylation sites (N-methyl/N-ethyl adjacent to an activating group) is 1. The highest BCUT2D eigenvalue weighted by Crippen LogP contribution is 2.22. The van der Waals surface area contributed by atoms with Crippen LogP contribution >= 0.6 is 0 Å². The number of rotatable bonds is 7. The van der Waals surface area contributed by atoms with E-state index in [9.17, 15) is 14.4 Å². The standard InChI is InChI=1S/C22H32N4O3/c1-3-24(4-2)22(29)17-23-12-14-25(15-13-23)21(28)16-18-7-9-19(10-8-18)26-11-5-6-20(26)27/h7-10H,3-6,11-17H2,1-2H3. The summed E-state index contributed by atoms with van der Waals surface area (Å²) in [7, 11) is 0. The summed E-state index contributed by atoms with van der Waals surface area (Å²) >= 11 is 0. The lowest BCUT2D eigenvalue weighted by Crippen LogP contribution is -2.51. The van der Waals surface area contributed by atoms with Crippen LogP contribution in [0, 0.1) is 0 Å². The van der Waals surface area contributed by atoms with Gasteiger partial charge in [0.2, 0.25) is 17.7 Å². The topological polar surface area (TPSA) is 64.2 Å². The van der Waals surface area contributed by atoms with Gasteiger partial charge in [0, 0.05) is 57.9 Å². The van der Waals surface area contributed by atoms with E-state index in [0.29, 0.717) is 32.5 Å². The number of benzene rings is 1. The van der Waals surface area contributed by atoms with Crippen molar-refractivity contribution >= 4 is 23.4 Å².